The average molecular weight is 294 g/mol. The van der Waals surface area contributed by atoms with E-state index in [2.05, 4.69) is 11.9 Å². The quantitative estimate of drug-likeness (QED) is 0.859. The van der Waals surface area contributed by atoms with Gasteiger partial charge in [-0.15, -0.1) is 0 Å². The summed E-state index contributed by atoms with van der Waals surface area (Å²) in [5.74, 6) is 0.979. The Balaban J connectivity index is 1.78. The van der Waals surface area contributed by atoms with Crippen LogP contribution in [-0.2, 0) is 11.3 Å². The van der Waals surface area contributed by atoms with Gasteiger partial charge in [0.25, 0.3) is 0 Å². The van der Waals surface area contributed by atoms with Crippen LogP contribution in [0, 0.1) is 0 Å². The van der Waals surface area contributed by atoms with Crippen LogP contribution in [0.2, 0.25) is 0 Å². The molecule has 0 spiro atoms. The zero-order valence-electron chi connectivity index (χ0n) is 13.5. The van der Waals surface area contributed by atoms with Gasteiger partial charge in [0.1, 0.15) is 11.4 Å². The number of nitrogens with zero attached hydrogens (tertiary/aromatic N) is 2. The molecule has 1 aromatic heterocycles. The van der Waals surface area contributed by atoms with Crippen molar-refractivity contribution in [3.8, 4) is 0 Å². The molecule has 5 nitrogen and oxygen atoms in total. The second-order valence-corrected chi connectivity index (χ2v) is 6.69. The summed E-state index contributed by atoms with van der Waals surface area (Å²) in [6.07, 6.45) is 3.44. The Morgan fingerprint density at radius 1 is 1.43 bits per heavy atom. The molecule has 2 heterocycles. The largest absolute Gasteiger partial charge is 0.468 e. The van der Waals surface area contributed by atoms with Crippen molar-refractivity contribution < 1.29 is 13.9 Å². The van der Waals surface area contributed by atoms with Gasteiger partial charge in [0.15, 0.2) is 0 Å². The summed E-state index contributed by atoms with van der Waals surface area (Å²) >= 11 is 0. The third-order valence-electron chi connectivity index (χ3n) is 3.72. The fraction of sp³-hybridized carbons (Fsp3) is 0.688. The Morgan fingerprint density at radius 3 is 2.62 bits per heavy atom. The molecular weight excluding hydrogens is 268 g/mol. The van der Waals surface area contributed by atoms with Gasteiger partial charge < -0.3 is 14.1 Å². The van der Waals surface area contributed by atoms with Crippen molar-refractivity contribution in [1.29, 1.82) is 0 Å². The van der Waals surface area contributed by atoms with Crippen molar-refractivity contribution in [2.45, 2.75) is 51.8 Å². The minimum absolute atomic E-state index is 0.199. The maximum atomic E-state index is 12.0. The highest BCUT2D eigenvalue weighted by Gasteiger charge is 2.28. The SMILES string of the molecule is CN(Cc1ccco1)C1CCN(C(=O)OC(C)(C)C)CC1. The predicted octanol–water partition coefficient (Wildman–Crippen LogP) is 3.11. The summed E-state index contributed by atoms with van der Waals surface area (Å²) in [7, 11) is 2.11. The van der Waals surface area contributed by atoms with E-state index in [0.717, 1.165) is 38.2 Å². The van der Waals surface area contributed by atoms with Crippen LogP contribution in [-0.4, -0.2) is 47.7 Å². The van der Waals surface area contributed by atoms with Crippen LogP contribution >= 0.6 is 0 Å². The number of amides is 1. The third kappa shape index (κ3) is 4.77. The molecule has 5 heteroatoms. The number of carbonyl (C=O) groups is 1. The number of ether oxygens (including phenoxy) is 1. The molecule has 118 valence electrons. The van der Waals surface area contributed by atoms with E-state index in [1.807, 2.05) is 37.8 Å². The Bertz CT molecular complexity index is 443. The van der Waals surface area contributed by atoms with Gasteiger partial charge in [-0.1, -0.05) is 0 Å². The van der Waals surface area contributed by atoms with E-state index in [0.29, 0.717) is 6.04 Å². The highest BCUT2D eigenvalue weighted by atomic mass is 16.6. The number of carbonyl (C=O) groups excluding carboxylic acids is 1. The first-order valence-electron chi connectivity index (χ1n) is 7.56. The van der Waals surface area contributed by atoms with Crippen LogP contribution in [0.3, 0.4) is 0 Å². The number of rotatable bonds is 3. The zero-order chi connectivity index (χ0) is 15.5. The standard InChI is InChI=1S/C16H26N2O3/c1-16(2,3)21-15(19)18-9-7-13(8-10-18)17(4)12-14-6-5-11-20-14/h5-6,11,13H,7-10,12H2,1-4H3. The molecule has 0 N–H and O–H groups in total. The first kappa shape index (κ1) is 15.9. The van der Waals surface area contributed by atoms with E-state index in [9.17, 15) is 4.79 Å². The number of hydrogen-bond acceptors (Lipinski definition) is 4. The van der Waals surface area contributed by atoms with Crippen LogP contribution in [0.25, 0.3) is 0 Å². The topological polar surface area (TPSA) is 45.9 Å². The first-order chi connectivity index (χ1) is 9.85. The molecule has 21 heavy (non-hydrogen) atoms. The predicted molar refractivity (Wildman–Crippen MR) is 81.0 cm³/mol. The fourth-order valence-electron chi connectivity index (χ4n) is 2.59. The summed E-state index contributed by atoms with van der Waals surface area (Å²) < 4.78 is 10.8. The van der Waals surface area contributed by atoms with Crippen LogP contribution in [0.4, 0.5) is 4.79 Å². The van der Waals surface area contributed by atoms with Gasteiger partial charge in [-0.2, -0.15) is 0 Å². The molecule has 1 aliphatic rings. The molecule has 0 aliphatic carbocycles. The fourth-order valence-corrected chi connectivity index (χ4v) is 2.59. The lowest BCUT2D eigenvalue weighted by atomic mass is 10.0. The van der Waals surface area contributed by atoms with Gasteiger partial charge >= 0.3 is 6.09 Å². The Hall–Kier alpha value is -1.49. The van der Waals surface area contributed by atoms with E-state index >= 15 is 0 Å². The maximum Gasteiger partial charge on any atom is 0.410 e. The van der Waals surface area contributed by atoms with Crippen molar-refractivity contribution in [2.75, 3.05) is 20.1 Å². The van der Waals surface area contributed by atoms with Crippen molar-refractivity contribution in [1.82, 2.24) is 9.80 Å². The van der Waals surface area contributed by atoms with Crippen molar-refractivity contribution >= 4 is 6.09 Å². The lowest BCUT2D eigenvalue weighted by Crippen LogP contribution is -2.46. The summed E-state index contributed by atoms with van der Waals surface area (Å²) in [4.78, 5) is 16.1. The summed E-state index contributed by atoms with van der Waals surface area (Å²) in [5.41, 5.74) is -0.427. The van der Waals surface area contributed by atoms with Gasteiger partial charge in [0.2, 0.25) is 0 Å². The summed E-state index contributed by atoms with van der Waals surface area (Å²) in [6, 6.07) is 4.38. The van der Waals surface area contributed by atoms with Crippen LogP contribution < -0.4 is 0 Å². The van der Waals surface area contributed by atoms with E-state index in [-0.39, 0.29) is 6.09 Å². The van der Waals surface area contributed by atoms with E-state index in [4.69, 9.17) is 9.15 Å². The minimum atomic E-state index is -0.427. The summed E-state index contributed by atoms with van der Waals surface area (Å²) in [6.45, 7) is 8.01. The molecule has 0 atom stereocenters. The smallest absolute Gasteiger partial charge is 0.410 e. The van der Waals surface area contributed by atoms with Crippen molar-refractivity contribution in [2.24, 2.45) is 0 Å². The van der Waals surface area contributed by atoms with Gasteiger partial charge in [-0.25, -0.2) is 4.79 Å². The van der Waals surface area contributed by atoms with E-state index in [1.165, 1.54) is 0 Å². The molecule has 0 unspecified atom stereocenters. The molecule has 1 aromatic rings. The van der Waals surface area contributed by atoms with Crippen LogP contribution in [0.15, 0.2) is 22.8 Å². The Labute approximate surface area is 126 Å². The maximum absolute atomic E-state index is 12.0. The molecular formula is C16H26N2O3. The first-order valence-corrected chi connectivity index (χ1v) is 7.56. The zero-order valence-corrected chi connectivity index (χ0v) is 13.5. The van der Waals surface area contributed by atoms with Gasteiger partial charge in [0, 0.05) is 19.1 Å². The molecule has 0 saturated carbocycles. The number of hydrogen-bond donors (Lipinski definition) is 0. The van der Waals surface area contributed by atoms with Crippen molar-refractivity contribution in [3.05, 3.63) is 24.2 Å². The van der Waals surface area contributed by atoms with Crippen LogP contribution in [0.5, 0.6) is 0 Å². The van der Waals surface area contributed by atoms with Gasteiger partial charge in [0.05, 0.1) is 12.8 Å². The lowest BCUT2D eigenvalue weighted by Gasteiger charge is -2.37. The average Bonchev–Trinajstić information content (AvgIpc) is 2.90. The van der Waals surface area contributed by atoms with E-state index in [1.54, 1.807) is 6.26 Å². The number of piperidine rings is 1. The molecule has 0 radical (unpaired) electrons. The molecule has 0 bridgehead atoms. The number of likely N-dealkylation sites (tertiary alicyclic amines) is 1. The van der Waals surface area contributed by atoms with Crippen molar-refractivity contribution in [3.63, 3.8) is 0 Å². The second-order valence-electron chi connectivity index (χ2n) is 6.69. The Kier molecular flexibility index (Phi) is 4.93. The monoisotopic (exact) mass is 294 g/mol. The molecule has 1 saturated heterocycles. The summed E-state index contributed by atoms with van der Waals surface area (Å²) in [5, 5.41) is 0. The molecule has 1 aliphatic heterocycles. The molecule has 2 rings (SSSR count). The third-order valence-corrected chi connectivity index (χ3v) is 3.72. The minimum Gasteiger partial charge on any atom is -0.468 e. The van der Waals surface area contributed by atoms with Crippen LogP contribution in [0.1, 0.15) is 39.4 Å². The van der Waals surface area contributed by atoms with E-state index < -0.39 is 5.60 Å². The Morgan fingerprint density at radius 2 is 2.10 bits per heavy atom. The molecule has 0 aromatic carbocycles. The van der Waals surface area contributed by atoms with Gasteiger partial charge in [-0.3, -0.25) is 4.90 Å². The second kappa shape index (κ2) is 6.52. The normalized spacial score (nSPS) is 17.3. The number of furan rings is 1. The highest BCUT2D eigenvalue weighted by molar-refractivity contribution is 5.68. The molecule has 1 fully saturated rings. The highest BCUT2D eigenvalue weighted by Crippen LogP contribution is 2.19. The lowest BCUT2D eigenvalue weighted by molar-refractivity contribution is 0.0150. The van der Waals surface area contributed by atoms with Gasteiger partial charge in [-0.05, 0) is 52.8 Å². The molecule has 1 amide bonds.